The number of aliphatic carboxylic acids is 1. The van der Waals surface area contributed by atoms with E-state index in [1.54, 1.807) is 12.1 Å². The number of carbonyl (C=O) groups is 1. The molecule has 4 heteroatoms. The number of rotatable bonds is 2. The van der Waals surface area contributed by atoms with E-state index in [2.05, 4.69) is 15.9 Å². The van der Waals surface area contributed by atoms with Crippen LogP contribution in [-0.2, 0) is 4.79 Å². The summed E-state index contributed by atoms with van der Waals surface area (Å²) >= 11 is 3.05. The molecule has 1 aliphatic rings. The SMILES string of the molecule is O=C(O)[C@@H]1C[C@H]1c1ccc(Br)c(F)c1. The molecule has 1 fully saturated rings. The first-order chi connectivity index (χ1) is 6.59. The van der Waals surface area contributed by atoms with Gasteiger partial charge >= 0.3 is 5.97 Å². The minimum atomic E-state index is -0.793. The lowest BCUT2D eigenvalue weighted by atomic mass is 10.1. The van der Waals surface area contributed by atoms with Gasteiger partial charge in [0.05, 0.1) is 10.4 Å². The molecular weight excluding hydrogens is 251 g/mol. The minimum Gasteiger partial charge on any atom is -0.481 e. The van der Waals surface area contributed by atoms with Crippen molar-refractivity contribution in [1.82, 2.24) is 0 Å². The quantitative estimate of drug-likeness (QED) is 0.886. The smallest absolute Gasteiger partial charge is 0.307 e. The monoisotopic (exact) mass is 258 g/mol. The van der Waals surface area contributed by atoms with Crippen LogP contribution in [0.3, 0.4) is 0 Å². The Morgan fingerprint density at radius 3 is 2.79 bits per heavy atom. The van der Waals surface area contributed by atoms with E-state index in [-0.39, 0.29) is 17.7 Å². The molecule has 0 radical (unpaired) electrons. The van der Waals surface area contributed by atoms with Gasteiger partial charge in [0.15, 0.2) is 0 Å². The third kappa shape index (κ3) is 1.66. The van der Waals surface area contributed by atoms with Gasteiger partial charge in [-0.25, -0.2) is 4.39 Å². The van der Waals surface area contributed by atoms with Gasteiger partial charge in [0.1, 0.15) is 5.82 Å². The Bertz CT molecular complexity index is 392. The number of halogens is 2. The Hall–Kier alpha value is -0.900. The minimum absolute atomic E-state index is 0.00454. The first kappa shape index (κ1) is 9.65. The van der Waals surface area contributed by atoms with Crippen LogP contribution in [0, 0.1) is 11.7 Å². The van der Waals surface area contributed by atoms with Crippen LogP contribution in [-0.4, -0.2) is 11.1 Å². The molecule has 2 atom stereocenters. The summed E-state index contributed by atoms with van der Waals surface area (Å²) in [7, 11) is 0. The van der Waals surface area contributed by atoms with Crippen molar-refractivity contribution in [2.75, 3.05) is 0 Å². The number of benzene rings is 1. The summed E-state index contributed by atoms with van der Waals surface area (Å²) in [6.07, 6.45) is 0.621. The van der Waals surface area contributed by atoms with Gasteiger partial charge in [-0.2, -0.15) is 0 Å². The summed E-state index contributed by atoms with van der Waals surface area (Å²) in [5, 5.41) is 8.71. The lowest BCUT2D eigenvalue weighted by Gasteiger charge is -2.00. The van der Waals surface area contributed by atoms with Crippen molar-refractivity contribution in [1.29, 1.82) is 0 Å². The maximum absolute atomic E-state index is 13.1. The van der Waals surface area contributed by atoms with Crippen molar-refractivity contribution in [3.05, 3.63) is 34.1 Å². The lowest BCUT2D eigenvalue weighted by molar-refractivity contribution is -0.138. The van der Waals surface area contributed by atoms with Gasteiger partial charge in [-0.3, -0.25) is 4.79 Å². The predicted octanol–water partition coefficient (Wildman–Crippen LogP) is 2.78. The maximum atomic E-state index is 13.1. The Morgan fingerprint density at radius 2 is 2.29 bits per heavy atom. The molecule has 1 aliphatic carbocycles. The lowest BCUT2D eigenvalue weighted by Crippen LogP contribution is -1.99. The second-order valence-corrected chi connectivity index (χ2v) is 4.31. The molecule has 0 aromatic heterocycles. The summed E-state index contributed by atoms with van der Waals surface area (Å²) in [6.45, 7) is 0. The van der Waals surface area contributed by atoms with Crippen molar-refractivity contribution < 1.29 is 14.3 Å². The number of hydrogen-bond acceptors (Lipinski definition) is 1. The van der Waals surface area contributed by atoms with Crippen LogP contribution in [0.1, 0.15) is 17.9 Å². The number of hydrogen-bond donors (Lipinski definition) is 1. The summed E-state index contributed by atoms with van der Waals surface area (Å²) in [4.78, 5) is 10.6. The van der Waals surface area contributed by atoms with Crippen LogP contribution in [0.5, 0.6) is 0 Å². The molecule has 2 nitrogen and oxygen atoms in total. The molecule has 0 amide bonds. The molecule has 0 aliphatic heterocycles. The highest BCUT2D eigenvalue weighted by molar-refractivity contribution is 9.10. The molecule has 1 aromatic carbocycles. The molecule has 1 aromatic rings. The molecule has 74 valence electrons. The molecule has 14 heavy (non-hydrogen) atoms. The van der Waals surface area contributed by atoms with Crippen molar-refractivity contribution in [3.63, 3.8) is 0 Å². The maximum Gasteiger partial charge on any atom is 0.307 e. The molecule has 0 saturated heterocycles. The standard InChI is InChI=1S/C10H8BrFO2/c11-8-2-1-5(3-9(8)12)6-4-7(6)10(13)14/h1-3,6-7H,4H2,(H,13,14)/t6-,7+/m0/s1. The molecule has 0 unspecified atom stereocenters. The van der Waals surface area contributed by atoms with Crippen molar-refractivity contribution >= 4 is 21.9 Å². The Labute approximate surface area is 88.9 Å². The summed E-state index contributed by atoms with van der Waals surface area (Å²) in [6, 6.07) is 4.78. The van der Waals surface area contributed by atoms with Crippen LogP contribution in [0.2, 0.25) is 0 Å². The second kappa shape index (κ2) is 3.35. The molecule has 1 N–H and O–H groups in total. The largest absolute Gasteiger partial charge is 0.481 e. The van der Waals surface area contributed by atoms with E-state index in [1.807, 2.05) is 0 Å². The van der Waals surface area contributed by atoms with Crippen LogP contribution >= 0.6 is 15.9 Å². The fraction of sp³-hybridized carbons (Fsp3) is 0.300. The van der Waals surface area contributed by atoms with Crippen molar-refractivity contribution in [3.8, 4) is 0 Å². The second-order valence-electron chi connectivity index (χ2n) is 3.46. The van der Waals surface area contributed by atoms with Gasteiger partial charge in [-0.1, -0.05) is 6.07 Å². The van der Waals surface area contributed by atoms with Crippen LogP contribution < -0.4 is 0 Å². The van der Waals surface area contributed by atoms with Crippen LogP contribution in [0.4, 0.5) is 4.39 Å². The molecule has 0 bridgehead atoms. The highest BCUT2D eigenvalue weighted by Crippen LogP contribution is 2.47. The van der Waals surface area contributed by atoms with Crippen molar-refractivity contribution in [2.45, 2.75) is 12.3 Å². The van der Waals surface area contributed by atoms with E-state index in [0.29, 0.717) is 10.9 Å². The number of carboxylic acids is 1. The van der Waals surface area contributed by atoms with Crippen LogP contribution in [0.25, 0.3) is 0 Å². The molecule has 2 rings (SSSR count). The van der Waals surface area contributed by atoms with Crippen molar-refractivity contribution in [2.24, 2.45) is 5.92 Å². The average Bonchev–Trinajstić information content (AvgIpc) is 2.89. The molecule has 0 spiro atoms. The zero-order chi connectivity index (χ0) is 10.3. The normalized spacial score (nSPS) is 24.7. The Morgan fingerprint density at radius 1 is 1.57 bits per heavy atom. The zero-order valence-corrected chi connectivity index (χ0v) is 8.79. The Kier molecular flexibility index (Phi) is 2.31. The summed E-state index contributed by atoms with van der Waals surface area (Å²) in [5.74, 6) is -1.46. The zero-order valence-electron chi connectivity index (χ0n) is 7.21. The van der Waals surface area contributed by atoms with E-state index >= 15 is 0 Å². The summed E-state index contributed by atoms with van der Waals surface area (Å²) in [5.41, 5.74) is 0.776. The summed E-state index contributed by atoms with van der Waals surface area (Å²) < 4.78 is 13.5. The first-order valence-corrected chi connectivity index (χ1v) is 5.06. The molecule has 0 heterocycles. The van der Waals surface area contributed by atoms with E-state index in [4.69, 9.17) is 5.11 Å². The van der Waals surface area contributed by atoms with Gasteiger partial charge in [-0.15, -0.1) is 0 Å². The average molecular weight is 259 g/mol. The van der Waals surface area contributed by atoms with Gasteiger partial charge < -0.3 is 5.11 Å². The molecular formula is C10H8BrFO2. The van der Waals surface area contributed by atoms with E-state index < -0.39 is 5.97 Å². The Balaban J connectivity index is 2.20. The van der Waals surface area contributed by atoms with Gasteiger partial charge in [-0.05, 0) is 46.0 Å². The first-order valence-electron chi connectivity index (χ1n) is 4.27. The van der Waals surface area contributed by atoms with E-state index in [0.717, 1.165) is 5.56 Å². The highest BCUT2D eigenvalue weighted by atomic mass is 79.9. The third-order valence-electron chi connectivity index (χ3n) is 2.48. The fourth-order valence-electron chi connectivity index (χ4n) is 1.58. The topological polar surface area (TPSA) is 37.3 Å². The third-order valence-corrected chi connectivity index (χ3v) is 3.12. The van der Waals surface area contributed by atoms with Gasteiger partial charge in [0.2, 0.25) is 0 Å². The van der Waals surface area contributed by atoms with Gasteiger partial charge in [0, 0.05) is 0 Å². The van der Waals surface area contributed by atoms with E-state index in [9.17, 15) is 9.18 Å². The highest BCUT2D eigenvalue weighted by Gasteiger charge is 2.44. The predicted molar refractivity (Wildman–Crippen MR) is 52.6 cm³/mol. The van der Waals surface area contributed by atoms with E-state index in [1.165, 1.54) is 6.07 Å². The van der Waals surface area contributed by atoms with Crippen LogP contribution in [0.15, 0.2) is 22.7 Å². The fourth-order valence-corrected chi connectivity index (χ4v) is 1.83. The van der Waals surface area contributed by atoms with Gasteiger partial charge in [0.25, 0.3) is 0 Å². The molecule has 1 saturated carbocycles. The number of carboxylic acid groups (broad SMARTS) is 1.